The van der Waals surface area contributed by atoms with Crippen LogP contribution in [0.3, 0.4) is 0 Å². The lowest BCUT2D eigenvalue weighted by molar-refractivity contribution is 0.336. The second kappa shape index (κ2) is 15.6. The minimum atomic E-state index is -0.221. The minimum absolute atomic E-state index is 0.221. The maximum absolute atomic E-state index is 10.2. The average molecular weight is 612 g/mol. The van der Waals surface area contributed by atoms with Gasteiger partial charge in [-0.1, -0.05) is 61.7 Å². The topological polar surface area (TPSA) is 117 Å². The van der Waals surface area contributed by atoms with E-state index in [0.29, 0.717) is 57.7 Å². The van der Waals surface area contributed by atoms with Crippen LogP contribution in [-0.2, 0) is 0 Å². The smallest absolute Gasteiger partial charge is 0.312 e. The van der Waals surface area contributed by atoms with Crippen molar-refractivity contribution < 1.29 is 19.0 Å². The summed E-state index contributed by atoms with van der Waals surface area (Å²) in [5.41, 5.74) is 3.56. The normalized spacial score (nSPS) is 12.3. The quantitative estimate of drug-likeness (QED) is 0.102. The fourth-order valence-electron chi connectivity index (χ4n) is 4.45. The zero-order valence-electron chi connectivity index (χ0n) is 23.9. The van der Waals surface area contributed by atoms with Gasteiger partial charge in [-0.3, -0.25) is 9.98 Å². The van der Waals surface area contributed by atoms with Crippen molar-refractivity contribution in [2.24, 2.45) is 9.98 Å². The van der Waals surface area contributed by atoms with Crippen LogP contribution in [0.5, 0.6) is 11.9 Å². The zero-order valence-corrected chi connectivity index (χ0v) is 25.5. The molecule has 2 aromatic carbocycles. The number of oxazole rings is 2. The first-order valence-corrected chi connectivity index (χ1v) is 15.0. The number of aliphatic imine (C=N–C) groups is 2. The molecule has 0 fully saturated rings. The Bertz CT molecular complexity index is 1380. The van der Waals surface area contributed by atoms with Crippen LogP contribution in [0.1, 0.15) is 76.6 Å². The van der Waals surface area contributed by atoms with Gasteiger partial charge in [-0.2, -0.15) is 0 Å². The van der Waals surface area contributed by atoms with Gasteiger partial charge in [0.25, 0.3) is 0 Å². The molecular formula is C32H36Cl2N4O4. The maximum Gasteiger partial charge on any atom is 0.312 e. The summed E-state index contributed by atoms with van der Waals surface area (Å²) in [6, 6.07) is 14.2. The molecule has 0 amide bonds. The Morgan fingerprint density at radius 3 is 1.29 bits per heavy atom. The third kappa shape index (κ3) is 8.94. The van der Waals surface area contributed by atoms with E-state index < -0.39 is 0 Å². The molecule has 0 unspecified atom stereocenters. The van der Waals surface area contributed by atoms with Crippen LogP contribution in [0, 0.1) is 0 Å². The predicted octanol–water partition coefficient (Wildman–Crippen LogP) is 9.15. The molecule has 2 N–H and O–H groups in total. The monoisotopic (exact) mass is 610 g/mol. The Labute approximate surface area is 256 Å². The number of nitrogens with zero attached hydrogens (tertiary/aromatic N) is 4. The number of halogens is 2. The van der Waals surface area contributed by atoms with Crippen LogP contribution in [0.15, 0.2) is 67.4 Å². The van der Waals surface area contributed by atoms with Gasteiger partial charge in [0.15, 0.2) is 11.4 Å². The van der Waals surface area contributed by atoms with Gasteiger partial charge in [-0.25, -0.2) is 9.97 Å². The molecule has 222 valence electrons. The third-order valence-electron chi connectivity index (χ3n) is 6.85. The van der Waals surface area contributed by atoms with E-state index in [4.69, 9.17) is 32.0 Å². The van der Waals surface area contributed by atoms with E-state index in [0.717, 1.165) is 36.8 Å². The number of aromatic nitrogens is 2. The molecule has 0 radical (unpaired) electrons. The van der Waals surface area contributed by atoms with Gasteiger partial charge in [0.2, 0.25) is 11.8 Å². The van der Waals surface area contributed by atoms with Gasteiger partial charge in [-0.05, 0) is 75.2 Å². The summed E-state index contributed by atoms with van der Waals surface area (Å²) in [5.74, 6) is 0.241. The van der Waals surface area contributed by atoms with Crippen molar-refractivity contribution in [2.75, 3.05) is 13.1 Å². The number of hydrogen-bond acceptors (Lipinski definition) is 8. The van der Waals surface area contributed by atoms with Crippen molar-refractivity contribution in [3.05, 3.63) is 70.0 Å². The Morgan fingerprint density at radius 2 is 0.929 bits per heavy atom. The highest BCUT2D eigenvalue weighted by Gasteiger charge is 2.17. The van der Waals surface area contributed by atoms with E-state index in [9.17, 15) is 10.2 Å². The molecule has 0 spiro atoms. The van der Waals surface area contributed by atoms with Crippen molar-refractivity contribution in [1.29, 1.82) is 0 Å². The van der Waals surface area contributed by atoms with Crippen LogP contribution in [-0.4, -0.2) is 44.7 Å². The van der Waals surface area contributed by atoms with Gasteiger partial charge in [0.1, 0.15) is 0 Å². The minimum Gasteiger partial charge on any atom is -0.479 e. The summed E-state index contributed by atoms with van der Waals surface area (Å²) in [6.45, 7) is 5.05. The average Bonchev–Trinajstić information content (AvgIpc) is 3.56. The number of hydrogen-bond donors (Lipinski definition) is 2. The van der Waals surface area contributed by atoms with E-state index in [1.165, 1.54) is 25.7 Å². The molecule has 8 nitrogen and oxygen atoms in total. The molecular weight excluding hydrogens is 575 g/mol. The van der Waals surface area contributed by atoms with E-state index >= 15 is 0 Å². The summed E-state index contributed by atoms with van der Waals surface area (Å²) in [6.07, 6.45) is 8.93. The van der Waals surface area contributed by atoms with E-state index in [1.807, 2.05) is 13.8 Å². The van der Waals surface area contributed by atoms with E-state index in [1.54, 1.807) is 48.5 Å². The molecule has 2 aromatic heterocycles. The van der Waals surface area contributed by atoms with Gasteiger partial charge < -0.3 is 19.0 Å². The van der Waals surface area contributed by atoms with Crippen molar-refractivity contribution in [3.8, 4) is 34.8 Å². The lowest BCUT2D eigenvalue weighted by atomic mass is 10.1. The van der Waals surface area contributed by atoms with Crippen molar-refractivity contribution in [1.82, 2.24) is 9.97 Å². The van der Waals surface area contributed by atoms with E-state index in [-0.39, 0.29) is 11.9 Å². The fourth-order valence-corrected chi connectivity index (χ4v) is 4.71. The number of benzene rings is 2. The van der Waals surface area contributed by atoms with Crippen molar-refractivity contribution in [3.63, 3.8) is 0 Å². The number of unbranched alkanes of at least 4 members (excludes halogenated alkanes) is 7. The molecule has 0 atom stereocenters. The Morgan fingerprint density at radius 1 is 0.595 bits per heavy atom. The van der Waals surface area contributed by atoms with Crippen LogP contribution in [0.25, 0.3) is 22.9 Å². The van der Waals surface area contributed by atoms with Crippen LogP contribution in [0.2, 0.25) is 10.0 Å². The molecule has 0 saturated carbocycles. The first kappa shape index (κ1) is 31.3. The summed E-state index contributed by atoms with van der Waals surface area (Å²) in [5, 5.41) is 21.6. The van der Waals surface area contributed by atoms with Crippen molar-refractivity contribution in [2.45, 2.75) is 65.2 Å². The Balaban J connectivity index is 1.07. The Kier molecular flexibility index (Phi) is 11.6. The number of rotatable bonds is 15. The van der Waals surface area contributed by atoms with Crippen LogP contribution in [0.4, 0.5) is 0 Å². The SMILES string of the molecule is CC(=NCCCCCCCCCCN=C(C)c1nc(-c2ccc(Cl)cc2)oc1O)c1nc(-c2ccc(Cl)cc2)oc1O. The van der Waals surface area contributed by atoms with Gasteiger partial charge in [-0.15, -0.1) is 0 Å². The number of aromatic hydroxyl groups is 2. The van der Waals surface area contributed by atoms with E-state index in [2.05, 4.69) is 20.0 Å². The Hall–Kier alpha value is -3.62. The predicted molar refractivity (Wildman–Crippen MR) is 168 cm³/mol. The van der Waals surface area contributed by atoms with Crippen LogP contribution >= 0.6 is 23.2 Å². The highest BCUT2D eigenvalue weighted by Crippen LogP contribution is 2.29. The molecule has 0 aliphatic heterocycles. The highest BCUT2D eigenvalue weighted by atomic mass is 35.5. The molecule has 4 rings (SSSR count). The molecule has 10 heteroatoms. The summed E-state index contributed by atoms with van der Waals surface area (Å²) in [7, 11) is 0. The van der Waals surface area contributed by atoms with Gasteiger partial charge in [0, 0.05) is 34.3 Å². The van der Waals surface area contributed by atoms with Crippen molar-refractivity contribution >= 4 is 34.6 Å². The lowest BCUT2D eigenvalue weighted by Crippen LogP contribution is -1.98. The largest absolute Gasteiger partial charge is 0.479 e. The maximum atomic E-state index is 10.2. The third-order valence-corrected chi connectivity index (χ3v) is 7.35. The fraction of sp³-hybridized carbons (Fsp3) is 0.375. The molecule has 0 aliphatic carbocycles. The molecule has 42 heavy (non-hydrogen) atoms. The molecule has 2 heterocycles. The molecule has 0 aliphatic rings. The summed E-state index contributed by atoms with van der Waals surface area (Å²) >= 11 is 11.9. The van der Waals surface area contributed by atoms with Gasteiger partial charge in [0.05, 0.1) is 11.4 Å². The molecule has 4 aromatic rings. The first-order chi connectivity index (χ1) is 20.3. The second-order valence-corrected chi connectivity index (χ2v) is 11.0. The molecule has 0 saturated heterocycles. The zero-order chi connectivity index (χ0) is 29.9. The van der Waals surface area contributed by atoms with Crippen LogP contribution < -0.4 is 0 Å². The van der Waals surface area contributed by atoms with Gasteiger partial charge >= 0.3 is 11.9 Å². The first-order valence-electron chi connectivity index (χ1n) is 14.3. The lowest BCUT2D eigenvalue weighted by Gasteiger charge is -2.02. The molecule has 0 bridgehead atoms. The second-order valence-electron chi connectivity index (χ2n) is 10.1. The standard InChI is InChI=1S/C32H36Cl2N4O4/c1-21(27-31(39)41-29(37-27)23-11-15-25(33)16-12-23)35-19-9-7-5-3-4-6-8-10-20-36-22(2)28-32(40)42-30(38-28)24-13-17-26(34)18-14-24/h11-18,39-40H,3-10,19-20H2,1-2H3. The summed E-state index contributed by atoms with van der Waals surface area (Å²) in [4.78, 5) is 18.0. The summed E-state index contributed by atoms with van der Waals surface area (Å²) < 4.78 is 10.8. The highest BCUT2D eigenvalue weighted by molar-refractivity contribution is 6.30.